The third kappa shape index (κ3) is 4.25. The number of carbonyl (C=O) groups is 1. The minimum atomic E-state index is -0.848. The number of amides is 1. The first-order valence-corrected chi connectivity index (χ1v) is 13.5. The minimum absolute atomic E-state index is 0.0675. The highest BCUT2D eigenvalue weighted by molar-refractivity contribution is 8.00. The van der Waals surface area contributed by atoms with Gasteiger partial charge in [-0.3, -0.25) is 14.5 Å². The monoisotopic (exact) mass is 545 g/mol. The fraction of sp³-hybridized carbons (Fsp3) is 0.143. The molecule has 0 aliphatic carbocycles. The molecule has 6 rings (SSSR count). The molecule has 0 saturated carbocycles. The average molecular weight is 546 g/mol. The molecule has 38 heavy (non-hydrogen) atoms. The maximum absolute atomic E-state index is 14.0. The van der Waals surface area contributed by atoms with Crippen LogP contribution in [-0.2, 0) is 5.75 Å². The van der Waals surface area contributed by atoms with E-state index in [9.17, 15) is 14.0 Å². The summed E-state index contributed by atoms with van der Waals surface area (Å²) >= 11 is 2.77. The SMILES string of the molecule is COc1cccc([C@@H]2c3c(oc4ccc(F)cc4c3=O)C(=O)N2c2nnc(SCc3ccc(C)cc3)s2)c1. The van der Waals surface area contributed by atoms with Crippen LogP contribution in [-0.4, -0.2) is 23.2 Å². The lowest BCUT2D eigenvalue weighted by molar-refractivity contribution is 0.0970. The van der Waals surface area contributed by atoms with E-state index in [1.54, 1.807) is 24.3 Å². The summed E-state index contributed by atoms with van der Waals surface area (Å²) in [5.74, 6) is 0.0853. The fourth-order valence-electron chi connectivity index (χ4n) is 4.46. The van der Waals surface area contributed by atoms with Crippen molar-refractivity contribution >= 4 is 45.1 Å². The van der Waals surface area contributed by atoms with Gasteiger partial charge in [0.1, 0.15) is 17.1 Å². The van der Waals surface area contributed by atoms with E-state index in [-0.39, 0.29) is 22.3 Å². The van der Waals surface area contributed by atoms with E-state index >= 15 is 0 Å². The van der Waals surface area contributed by atoms with Gasteiger partial charge >= 0.3 is 0 Å². The first-order chi connectivity index (χ1) is 18.4. The standard InChI is InChI=1S/C28H20FN3O4S2/c1-15-6-8-16(9-7-15)14-37-28-31-30-27(38-28)32-23(17-4-3-5-19(12-17)35-2)22-24(33)20-13-18(29)10-11-21(20)36-25(22)26(32)34/h3-13,23H,14H2,1-2H3/t23-/m1/s1. The highest BCUT2D eigenvalue weighted by Gasteiger charge is 2.45. The Balaban J connectivity index is 1.44. The number of methoxy groups -OCH3 is 1. The second kappa shape index (κ2) is 9.70. The molecule has 3 aromatic carbocycles. The molecule has 3 heterocycles. The molecule has 7 nitrogen and oxygen atoms in total. The van der Waals surface area contributed by atoms with Crippen molar-refractivity contribution in [1.82, 2.24) is 10.2 Å². The summed E-state index contributed by atoms with van der Waals surface area (Å²) in [5.41, 5.74) is 2.76. The van der Waals surface area contributed by atoms with Crippen LogP contribution in [0.2, 0.25) is 0 Å². The van der Waals surface area contributed by atoms with Gasteiger partial charge < -0.3 is 9.15 Å². The number of rotatable bonds is 6. The second-order valence-corrected chi connectivity index (χ2v) is 11.0. The number of hydrogen-bond donors (Lipinski definition) is 0. The van der Waals surface area contributed by atoms with Crippen molar-refractivity contribution < 1.29 is 18.3 Å². The lowest BCUT2D eigenvalue weighted by atomic mass is 9.98. The molecule has 0 spiro atoms. The molecular formula is C28H20FN3O4S2. The summed E-state index contributed by atoms with van der Waals surface area (Å²) in [5, 5.41) is 9.00. The number of benzene rings is 3. The van der Waals surface area contributed by atoms with E-state index in [1.165, 1.54) is 52.8 Å². The van der Waals surface area contributed by atoms with Gasteiger partial charge in [-0.05, 0) is 48.4 Å². The van der Waals surface area contributed by atoms with Crippen LogP contribution in [0.25, 0.3) is 11.0 Å². The molecule has 2 aromatic heterocycles. The van der Waals surface area contributed by atoms with E-state index in [4.69, 9.17) is 9.15 Å². The number of nitrogens with zero attached hydrogens (tertiary/aromatic N) is 3. The largest absolute Gasteiger partial charge is 0.497 e. The van der Waals surface area contributed by atoms with Gasteiger partial charge in [-0.2, -0.15) is 0 Å². The van der Waals surface area contributed by atoms with E-state index in [1.807, 2.05) is 6.92 Å². The van der Waals surface area contributed by atoms with Gasteiger partial charge in [-0.25, -0.2) is 4.39 Å². The predicted octanol–water partition coefficient (Wildman–Crippen LogP) is 6.14. The van der Waals surface area contributed by atoms with E-state index in [2.05, 4.69) is 34.5 Å². The number of aromatic nitrogens is 2. The van der Waals surface area contributed by atoms with Gasteiger partial charge in [-0.1, -0.05) is 65.1 Å². The van der Waals surface area contributed by atoms with E-state index in [0.29, 0.717) is 26.5 Å². The van der Waals surface area contributed by atoms with Gasteiger partial charge in [0.25, 0.3) is 5.91 Å². The molecule has 1 aliphatic heterocycles. The topological polar surface area (TPSA) is 85.5 Å². The number of aryl methyl sites for hydroxylation is 1. The van der Waals surface area contributed by atoms with Crippen LogP contribution < -0.4 is 15.1 Å². The van der Waals surface area contributed by atoms with Gasteiger partial charge in [0.05, 0.1) is 24.1 Å². The van der Waals surface area contributed by atoms with Gasteiger partial charge in [-0.15, -0.1) is 10.2 Å². The first kappa shape index (κ1) is 24.3. The number of anilines is 1. The van der Waals surface area contributed by atoms with Crippen molar-refractivity contribution in [3.05, 3.63) is 111 Å². The van der Waals surface area contributed by atoms with Crippen molar-refractivity contribution in [1.29, 1.82) is 0 Å². The number of fused-ring (bicyclic) bond motifs is 2. The number of hydrogen-bond acceptors (Lipinski definition) is 8. The quantitative estimate of drug-likeness (QED) is 0.187. The Morgan fingerprint density at radius 3 is 2.68 bits per heavy atom. The van der Waals surface area contributed by atoms with Crippen molar-refractivity contribution in [3.8, 4) is 5.75 Å². The number of ether oxygens (including phenoxy) is 1. The van der Waals surface area contributed by atoms with Crippen molar-refractivity contribution in [2.75, 3.05) is 12.0 Å². The molecule has 0 fully saturated rings. The van der Waals surface area contributed by atoms with Crippen LogP contribution in [0.1, 0.15) is 38.9 Å². The third-order valence-electron chi connectivity index (χ3n) is 6.33. The molecule has 1 amide bonds. The zero-order valence-corrected chi connectivity index (χ0v) is 21.9. The molecule has 0 bridgehead atoms. The fourth-order valence-corrected chi connectivity index (χ4v) is 6.28. The molecule has 5 aromatic rings. The molecule has 1 atom stereocenters. The highest BCUT2D eigenvalue weighted by atomic mass is 32.2. The van der Waals surface area contributed by atoms with Crippen molar-refractivity contribution in [2.45, 2.75) is 23.1 Å². The second-order valence-electron chi connectivity index (χ2n) is 8.79. The van der Waals surface area contributed by atoms with Crippen LogP contribution in [0.5, 0.6) is 5.75 Å². The molecule has 0 saturated heterocycles. The number of carbonyl (C=O) groups excluding carboxylic acids is 1. The summed E-state index contributed by atoms with van der Waals surface area (Å²) in [6.45, 7) is 2.04. The lowest BCUT2D eigenvalue weighted by Crippen LogP contribution is -2.29. The van der Waals surface area contributed by atoms with Gasteiger partial charge in [0.15, 0.2) is 9.77 Å². The zero-order chi connectivity index (χ0) is 26.4. The van der Waals surface area contributed by atoms with Gasteiger partial charge in [0, 0.05) is 5.75 Å². The third-order valence-corrected chi connectivity index (χ3v) is 8.45. The van der Waals surface area contributed by atoms with E-state index < -0.39 is 23.2 Å². The summed E-state index contributed by atoms with van der Waals surface area (Å²) in [6.07, 6.45) is 0. The smallest absolute Gasteiger partial charge is 0.297 e. The van der Waals surface area contributed by atoms with Crippen LogP contribution in [0.3, 0.4) is 0 Å². The van der Waals surface area contributed by atoms with Crippen LogP contribution >= 0.6 is 23.1 Å². The van der Waals surface area contributed by atoms with Crippen molar-refractivity contribution in [3.63, 3.8) is 0 Å². The summed E-state index contributed by atoms with van der Waals surface area (Å²) in [4.78, 5) is 28.8. The molecule has 190 valence electrons. The molecule has 0 unspecified atom stereocenters. The maximum atomic E-state index is 14.0. The Kier molecular flexibility index (Phi) is 6.21. The summed E-state index contributed by atoms with van der Waals surface area (Å²) in [6, 6.07) is 18.2. The maximum Gasteiger partial charge on any atom is 0.297 e. The zero-order valence-electron chi connectivity index (χ0n) is 20.3. The summed E-state index contributed by atoms with van der Waals surface area (Å²) < 4.78 is 26.0. The lowest BCUT2D eigenvalue weighted by Gasteiger charge is -2.22. The Bertz CT molecular complexity index is 1750. The number of halogens is 1. The molecule has 0 radical (unpaired) electrons. The van der Waals surface area contributed by atoms with Gasteiger partial charge in [0.2, 0.25) is 10.9 Å². The Morgan fingerprint density at radius 2 is 1.89 bits per heavy atom. The number of thioether (sulfide) groups is 1. The highest BCUT2D eigenvalue weighted by Crippen LogP contribution is 2.43. The van der Waals surface area contributed by atoms with E-state index in [0.717, 1.165) is 11.6 Å². The normalized spacial score (nSPS) is 14.8. The Labute approximate surface area is 224 Å². The minimum Gasteiger partial charge on any atom is -0.497 e. The Hall–Kier alpha value is -4.02. The molecule has 10 heteroatoms. The summed E-state index contributed by atoms with van der Waals surface area (Å²) in [7, 11) is 1.54. The molecule has 1 aliphatic rings. The van der Waals surface area contributed by atoms with Crippen molar-refractivity contribution in [2.24, 2.45) is 0 Å². The van der Waals surface area contributed by atoms with Crippen LogP contribution in [0.15, 0.2) is 80.3 Å². The molecule has 0 N–H and O–H groups in total. The predicted molar refractivity (Wildman–Crippen MR) is 145 cm³/mol. The Morgan fingerprint density at radius 1 is 1.08 bits per heavy atom. The average Bonchev–Trinajstić information content (AvgIpc) is 3.51. The van der Waals surface area contributed by atoms with Crippen LogP contribution in [0.4, 0.5) is 9.52 Å². The van der Waals surface area contributed by atoms with Crippen LogP contribution in [0, 0.1) is 12.7 Å². The first-order valence-electron chi connectivity index (χ1n) is 11.7. The molecular weight excluding hydrogens is 525 g/mol.